The van der Waals surface area contributed by atoms with E-state index in [1.165, 1.54) is 11.3 Å². The number of nitriles is 1. The third-order valence-electron chi connectivity index (χ3n) is 2.99. The van der Waals surface area contributed by atoms with Gasteiger partial charge in [-0.15, -0.1) is 11.3 Å². The first-order valence-electron chi connectivity index (χ1n) is 6.02. The maximum atomic E-state index is 12.1. The van der Waals surface area contributed by atoms with Crippen LogP contribution < -0.4 is 0 Å². The van der Waals surface area contributed by atoms with Gasteiger partial charge >= 0.3 is 0 Å². The van der Waals surface area contributed by atoms with Crippen molar-refractivity contribution in [3.8, 4) is 6.07 Å². The van der Waals surface area contributed by atoms with Gasteiger partial charge in [0.2, 0.25) is 5.91 Å². The van der Waals surface area contributed by atoms with Crippen molar-refractivity contribution in [2.24, 2.45) is 0 Å². The van der Waals surface area contributed by atoms with Crippen molar-refractivity contribution in [3.05, 3.63) is 21.3 Å². The Kier molecular flexibility index (Phi) is 6.29. The standard InChI is InChI=1S/C13H18ClN3OS/c1-10(13(18)16(2)8-4-7-15)17(3)9-11-5-6-12(14)19-11/h5-6,10H,4,8-9H2,1-3H3. The van der Waals surface area contributed by atoms with Crippen LogP contribution in [0, 0.1) is 11.3 Å². The molecule has 1 aromatic rings. The summed E-state index contributed by atoms with van der Waals surface area (Å²) in [6.07, 6.45) is 0.360. The first kappa shape index (κ1) is 16.0. The van der Waals surface area contributed by atoms with Crippen molar-refractivity contribution in [3.63, 3.8) is 0 Å². The van der Waals surface area contributed by atoms with Crippen LogP contribution in [0.4, 0.5) is 0 Å². The molecule has 0 bridgehead atoms. The SMILES string of the molecule is CC(C(=O)N(C)CCC#N)N(C)Cc1ccc(Cl)s1. The molecule has 1 rings (SSSR count). The van der Waals surface area contributed by atoms with Gasteiger partial charge in [0.25, 0.3) is 0 Å². The van der Waals surface area contributed by atoms with Crippen LogP contribution in [0.5, 0.6) is 0 Å². The zero-order chi connectivity index (χ0) is 14.4. The number of amides is 1. The van der Waals surface area contributed by atoms with Gasteiger partial charge in [-0.3, -0.25) is 9.69 Å². The molecule has 1 amide bonds. The fourth-order valence-corrected chi connectivity index (χ4v) is 2.81. The molecule has 1 atom stereocenters. The normalized spacial score (nSPS) is 12.2. The van der Waals surface area contributed by atoms with E-state index in [2.05, 4.69) is 0 Å². The zero-order valence-corrected chi connectivity index (χ0v) is 13.0. The number of nitrogens with zero attached hydrogens (tertiary/aromatic N) is 3. The summed E-state index contributed by atoms with van der Waals surface area (Å²) in [5.74, 6) is 0.0282. The van der Waals surface area contributed by atoms with Gasteiger partial charge in [-0.2, -0.15) is 5.26 Å². The number of likely N-dealkylation sites (N-methyl/N-ethyl adjacent to an activating group) is 2. The minimum atomic E-state index is -0.218. The van der Waals surface area contributed by atoms with Gasteiger partial charge in [0, 0.05) is 25.0 Å². The molecule has 0 saturated carbocycles. The van der Waals surface area contributed by atoms with E-state index < -0.39 is 0 Å². The largest absolute Gasteiger partial charge is 0.343 e. The Balaban J connectivity index is 2.54. The summed E-state index contributed by atoms with van der Waals surface area (Å²) in [6.45, 7) is 3.04. The minimum absolute atomic E-state index is 0.0282. The van der Waals surface area contributed by atoms with Gasteiger partial charge in [0.1, 0.15) is 0 Å². The molecule has 0 radical (unpaired) electrons. The van der Waals surface area contributed by atoms with Gasteiger partial charge in [-0.25, -0.2) is 0 Å². The number of rotatable bonds is 6. The first-order chi connectivity index (χ1) is 8.95. The highest BCUT2D eigenvalue weighted by atomic mass is 35.5. The van der Waals surface area contributed by atoms with Gasteiger partial charge in [0.05, 0.1) is 22.9 Å². The predicted molar refractivity (Wildman–Crippen MR) is 78.1 cm³/mol. The number of thiophene rings is 1. The summed E-state index contributed by atoms with van der Waals surface area (Å²) in [6, 6.07) is 5.66. The van der Waals surface area contributed by atoms with Crippen molar-refractivity contribution >= 4 is 28.8 Å². The quantitative estimate of drug-likeness (QED) is 0.811. The van der Waals surface area contributed by atoms with Crippen LogP contribution in [0.2, 0.25) is 4.34 Å². The van der Waals surface area contributed by atoms with E-state index in [9.17, 15) is 4.79 Å². The third-order valence-corrected chi connectivity index (χ3v) is 4.20. The molecule has 1 unspecified atom stereocenters. The van der Waals surface area contributed by atoms with E-state index >= 15 is 0 Å². The highest BCUT2D eigenvalue weighted by Gasteiger charge is 2.21. The number of hydrogen-bond acceptors (Lipinski definition) is 4. The Morgan fingerprint density at radius 3 is 2.74 bits per heavy atom. The maximum Gasteiger partial charge on any atom is 0.239 e. The fourth-order valence-electron chi connectivity index (χ4n) is 1.65. The van der Waals surface area contributed by atoms with Gasteiger partial charge < -0.3 is 4.90 Å². The van der Waals surface area contributed by atoms with Gasteiger partial charge in [-0.1, -0.05) is 11.6 Å². The summed E-state index contributed by atoms with van der Waals surface area (Å²) in [5, 5.41) is 8.53. The lowest BCUT2D eigenvalue weighted by Gasteiger charge is -2.27. The van der Waals surface area contributed by atoms with Crippen molar-refractivity contribution in [1.29, 1.82) is 5.26 Å². The smallest absolute Gasteiger partial charge is 0.239 e. The lowest BCUT2D eigenvalue weighted by atomic mass is 10.2. The molecule has 0 spiro atoms. The molecule has 1 heterocycles. The van der Waals surface area contributed by atoms with E-state index in [-0.39, 0.29) is 11.9 Å². The highest BCUT2D eigenvalue weighted by molar-refractivity contribution is 7.16. The summed E-state index contributed by atoms with van der Waals surface area (Å²) in [7, 11) is 3.64. The van der Waals surface area contributed by atoms with Gasteiger partial charge in [0.15, 0.2) is 0 Å². The average Bonchev–Trinajstić information content (AvgIpc) is 2.79. The average molecular weight is 300 g/mol. The van der Waals surface area contributed by atoms with Crippen molar-refractivity contribution in [2.75, 3.05) is 20.6 Å². The second-order valence-electron chi connectivity index (χ2n) is 4.46. The Hall–Kier alpha value is -1.09. The molecule has 104 valence electrons. The summed E-state index contributed by atoms with van der Waals surface area (Å²) < 4.78 is 0.758. The van der Waals surface area contributed by atoms with E-state index in [0.717, 1.165) is 9.21 Å². The molecule has 0 aliphatic heterocycles. The molecule has 19 heavy (non-hydrogen) atoms. The van der Waals surface area contributed by atoms with Crippen LogP contribution in [0.25, 0.3) is 0 Å². The second kappa shape index (κ2) is 7.49. The number of hydrogen-bond donors (Lipinski definition) is 0. The summed E-state index contributed by atoms with van der Waals surface area (Å²) in [5.41, 5.74) is 0. The van der Waals surface area contributed by atoms with Crippen LogP contribution in [0.3, 0.4) is 0 Å². The van der Waals surface area contributed by atoms with Crippen LogP contribution in [0.1, 0.15) is 18.2 Å². The summed E-state index contributed by atoms with van der Waals surface area (Å²) >= 11 is 7.41. The lowest BCUT2D eigenvalue weighted by Crippen LogP contribution is -2.43. The molecule has 0 saturated heterocycles. The number of carbonyl (C=O) groups excluding carboxylic acids is 1. The molecule has 1 aromatic heterocycles. The zero-order valence-electron chi connectivity index (χ0n) is 11.4. The Bertz CT molecular complexity index is 469. The second-order valence-corrected chi connectivity index (χ2v) is 6.26. The molecule has 0 aromatic carbocycles. The number of halogens is 1. The van der Waals surface area contributed by atoms with Crippen LogP contribution in [-0.2, 0) is 11.3 Å². The molecule has 0 aliphatic carbocycles. The van der Waals surface area contributed by atoms with E-state index in [0.29, 0.717) is 19.5 Å². The molecule has 0 aliphatic rings. The van der Waals surface area contributed by atoms with Crippen LogP contribution >= 0.6 is 22.9 Å². The monoisotopic (exact) mass is 299 g/mol. The Morgan fingerprint density at radius 2 is 2.21 bits per heavy atom. The Labute approximate surface area is 123 Å². The molecule has 0 fully saturated rings. The van der Waals surface area contributed by atoms with Crippen molar-refractivity contribution < 1.29 is 4.79 Å². The van der Waals surface area contributed by atoms with Crippen molar-refractivity contribution in [1.82, 2.24) is 9.80 Å². The topological polar surface area (TPSA) is 47.3 Å². The molecular formula is C13H18ClN3OS. The molecule has 4 nitrogen and oxygen atoms in total. The predicted octanol–water partition coefficient (Wildman–Crippen LogP) is 2.59. The van der Waals surface area contributed by atoms with Gasteiger partial charge in [-0.05, 0) is 26.1 Å². The fraction of sp³-hybridized carbons (Fsp3) is 0.538. The molecule has 0 N–H and O–H groups in total. The molecule has 6 heteroatoms. The summed E-state index contributed by atoms with van der Waals surface area (Å²) in [4.78, 5) is 16.9. The van der Waals surface area contributed by atoms with Crippen molar-refractivity contribution in [2.45, 2.75) is 25.9 Å². The van der Waals surface area contributed by atoms with E-state index in [1.54, 1.807) is 11.9 Å². The Morgan fingerprint density at radius 1 is 1.53 bits per heavy atom. The first-order valence-corrected chi connectivity index (χ1v) is 7.21. The minimum Gasteiger partial charge on any atom is -0.343 e. The van der Waals surface area contributed by atoms with E-state index in [1.807, 2.05) is 37.1 Å². The van der Waals surface area contributed by atoms with E-state index in [4.69, 9.17) is 16.9 Å². The third kappa shape index (κ3) is 4.83. The van der Waals surface area contributed by atoms with Crippen LogP contribution in [0.15, 0.2) is 12.1 Å². The lowest BCUT2D eigenvalue weighted by molar-refractivity contribution is -0.134. The number of carbonyl (C=O) groups is 1. The highest BCUT2D eigenvalue weighted by Crippen LogP contribution is 2.23. The molecular weight excluding hydrogens is 282 g/mol. The van der Waals surface area contributed by atoms with Crippen LogP contribution in [-0.4, -0.2) is 42.4 Å². The maximum absolute atomic E-state index is 12.1.